The summed E-state index contributed by atoms with van der Waals surface area (Å²) < 4.78 is 20.5. The Labute approximate surface area is 105 Å². The third-order valence-electron chi connectivity index (χ3n) is 2.71. The number of hydrogen-bond acceptors (Lipinski definition) is 3. The first kappa shape index (κ1) is 12.6. The van der Waals surface area contributed by atoms with Crippen LogP contribution in [0.3, 0.4) is 0 Å². The summed E-state index contributed by atoms with van der Waals surface area (Å²) in [5.41, 5.74) is 1.34. The van der Waals surface area contributed by atoms with Crippen LogP contribution in [0.1, 0.15) is 24.3 Å². The average Bonchev–Trinajstić information content (AvgIpc) is 2.73. The number of rotatable bonds is 4. The molecule has 1 unspecified atom stereocenters. The van der Waals surface area contributed by atoms with Crippen LogP contribution in [0.2, 0.25) is 0 Å². The number of nitrogens with zero attached hydrogens (tertiary/aromatic N) is 2. The standard InChI is InChI=1S/C13H15FN2O2/c1-9(17)12-5-10(14)3-4-13(12)18-7-11-6-15-8-16(11)2/h3-6,8-9,17H,7H2,1-2H3. The summed E-state index contributed by atoms with van der Waals surface area (Å²) in [6, 6.07) is 4.11. The van der Waals surface area contributed by atoms with Crippen LogP contribution in [-0.4, -0.2) is 14.7 Å². The molecule has 1 heterocycles. The highest BCUT2D eigenvalue weighted by Crippen LogP contribution is 2.26. The molecular formula is C13H15FN2O2. The Bertz CT molecular complexity index is 538. The van der Waals surface area contributed by atoms with Gasteiger partial charge in [-0.05, 0) is 25.1 Å². The zero-order valence-corrected chi connectivity index (χ0v) is 10.3. The predicted octanol–water partition coefficient (Wildman–Crippen LogP) is 2.19. The number of hydrogen-bond donors (Lipinski definition) is 1. The van der Waals surface area contributed by atoms with Crippen molar-refractivity contribution in [3.8, 4) is 5.75 Å². The van der Waals surface area contributed by atoms with Crippen molar-refractivity contribution < 1.29 is 14.2 Å². The molecule has 0 fully saturated rings. The van der Waals surface area contributed by atoms with Gasteiger partial charge < -0.3 is 14.4 Å². The molecule has 1 atom stereocenters. The van der Waals surface area contributed by atoms with Crippen molar-refractivity contribution in [1.29, 1.82) is 0 Å². The molecule has 5 heteroatoms. The molecule has 0 aliphatic heterocycles. The number of aromatic nitrogens is 2. The fourth-order valence-electron chi connectivity index (χ4n) is 1.65. The maximum atomic E-state index is 13.1. The second kappa shape index (κ2) is 5.18. The fraction of sp³-hybridized carbons (Fsp3) is 0.308. The number of imidazole rings is 1. The molecule has 1 aromatic heterocycles. The highest BCUT2D eigenvalue weighted by molar-refractivity contribution is 5.35. The van der Waals surface area contributed by atoms with Crippen molar-refractivity contribution >= 4 is 0 Å². The molecule has 2 rings (SSSR count). The predicted molar refractivity (Wildman–Crippen MR) is 64.6 cm³/mol. The number of ether oxygens (including phenoxy) is 1. The minimum absolute atomic E-state index is 0.321. The molecule has 0 radical (unpaired) electrons. The zero-order chi connectivity index (χ0) is 13.1. The molecule has 4 nitrogen and oxygen atoms in total. The van der Waals surface area contributed by atoms with E-state index >= 15 is 0 Å². The van der Waals surface area contributed by atoms with Crippen LogP contribution in [0.5, 0.6) is 5.75 Å². The van der Waals surface area contributed by atoms with Gasteiger partial charge in [0.25, 0.3) is 0 Å². The van der Waals surface area contributed by atoms with Gasteiger partial charge in [-0.3, -0.25) is 0 Å². The molecule has 0 saturated heterocycles. The summed E-state index contributed by atoms with van der Waals surface area (Å²) >= 11 is 0. The monoisotopic (exact) mass is 250 g/mol. The molecule has 0 aliphatic rings. The van der Waals surface area contributed by atoms with Gasteiger partial charge in [0.1, 0.15) is 18.2 Å². The van der Waals surface area contributed by atoms with E-state index < -0.39 is 11.9 Å². The van der Waals surface area contributed by atoms with Crippen molar-refractivity contribution in [2.75, 3.05) is 0 Å². The Hall–Kier alpha value is -1.88. The molecule has 0 bridgehead atoms. The van der Waals surface area contributed by atoms with Crippen LogP contribution in [0, 0.1) is 5.82 Å². The van der Waals surface area contributed by atoms with E-state index in [-0.39, 0.29) is 0 Å². The smallest absolute Gasteiger partial charge is 0.130 e. The van der Waals surface area contributed by atoms with Gasteiger partial charge in [-0.15, -0.1) is 0 Å². The lowest BCUT2D eigenvalue weighted by Crippen LogP contribution is -2.04. The molecule has 96 valence electrons. The van der Waals surface area contributed by atoms with Gasteiger partial charge in [0.15, 0.2) is 0 Å². The summed E-state index contributed by atoms with van der Waals surface area (Å²) in [5, 5.41) is 9.58. The van der Waals surface area contributed by atoms with Gasteiger partial charge in [0, 0.05) is 12.6 Å². The van der Waals surface area contributed by atoms with E-state index in [0.29, 0.717) is 17.9 Å². The molecule has 2 aromatic rings. The van der Waals surface area contributed by atoms with E-state index in [1.807, 2.05) is 11.6 Å². The maximum absolute atomic E-state index is 13.1. The van der Waals surface area contributed by atoms with Crippen molar-refractivity contribution in [2.24, 2.45) is 7.05 Å². The summed E-state index contributed by atoms with van der Waals surface area (Å²) in [4.78, 5) is 3.98. The molecule has 0 spiro atoms. The van der Waals surface area contributed by atoms with Gasteiger partial charge in [0.2, 0.25) is 0 Å². The summed E-state index contributed by atoms with van der Waals surface area (Å²) in [6.07, 6.45) is 2.60. The zero-order valence-electron chi connectivity index (χ0n) is 10.3. The first-order valence-corrected chi connectivity index (χ1v) is 5.63. The normalized spacial score (nSPS) is 12.4. The molecule has 1 aromatic carbocycles. The lowest BCUT2D eigenvalue weighted by molar-refractivity contribution is 0.189. The van der Waals surface area contributed by atoms with Crippen LogP contribution in [0.15, 0.2) is 30.7 Å². The van der Waals surface area contributed by atoms with Gasteiger partial charge in [-0.2, -0.15) is 0 Å². The third-order valence-corrected chi connectivity index (χ3v) is 2.71. The molecule has 0 amide bonds. The van der Waals surface area contributed by atoms with Crippen LogP contribution < -0.4 is 4.74 Å². The van der Waals surface area contributed by atoms with Gasteiger partial charge in [-0.25, -0.2) is 9.37 Å². The molecule has 18 heavy (non-hydrogen) atoms. The van der Waals surface area contributed by atoms with Gasteiger partial charge in [-0.1, -0.05) is 0 Å². The van der Waals surface area contributed by atoms with Crippen molar-refractivity contribution in [3.63, 3.8) is 0 Å². The third kappa shape index (κ3) is 2.68. The van der Waals surface area contributed by atoms with Crippen molar-refractivity contribution in [3.05, 3.63) is 47.8 Å². The number of aliphatic hydroxyl groups excluding tert-OH is 1. The first-order valence-electron chi connectivity index (χ1n) is 5.63. The fourth-order valence-corrected chi connectivity index (χ4v) is 1.65. The average molecular weight is 250 g/mol. The quantitative estimate of drug-likeness (QED) is 0.904. The van der Waals surface area contributed by atoms with E-state index in [2.05, 4.69) is 4.98 Å². The summed E-state index contributed by atoms with van der Waals surface area (Å²) in [7, 11) is 1.87. The lowest BCUT2D eigenvalue weighted by atomic mass is 10.1. The second-order valence-electron chi connectivity index (χ2n) is 4.14. The topological polar surface area (TPSA) is 47.3 Å². The van der Waals surface area contributed by atoms with Gasteiger partial charge >= 0.3 is 0 Å². The number of aryl methyl sites for hydroxylation is 1. The Balaban J connectivity index is 2.16. The van der Waals surface area contributed by atoms with Crippen molar-refractivity contribution in [2.45, 2.75) is 19.6 Å². The largest absolute Gasteiger partial charge is 0.487 e. The first-order chi connectivity index (χ1) is 8.58. The Kier molecular flexibility index (Phi) is 3.62. The highest BCUT2D eigenvalue weighted by Gasteiger charge is 2.11. The van der Waals surface area contributed by atoms with E-state index in [1.54, 1.807) is 19.4 Å². The highest BCUT2D eigenvalue weighted by atomic mass is 19.1. The van der Waals surface area contributed by atoms with E-state index in [4.69, 9.17) is 4.74 Å². The molecular weight excluding hydrogens is 235 g/mol. The van der Waals surface area contributed by atoms with E-state index in [1.165, 1.54) is 18.2 Å². The minimum atomic E-state index is -0.776. The number of aliphatic hydroxyl groups is 1. The van der Waals surface area contributed by atoms with Crippen molar-refractivity contribution in [1.82, 2.24) is 9.55 Å². The molecule has 1 N–H and O–H groups in total. The van der Waals surface area contributed by atoms with Crippen LogP contribution in [0.4, 0.5) is 4.39 Å². The Morgan fingerprint density at radius 3 is 2.89 bits per heavy atom. The molecule has 0 aliphatic carbocycles. The van der Waals surface area contributed by atoms with E-state index in [0.717, 1.165) is 5.69 Å². The SMILES string of the molecule is CC(O)c1cc(F)ccc1OCc1cncn1C. The summed E-state index contributed by atoms with van der Waals surface area (Å²) in [5.74, 6) is 0.0892. The van der Waals surface area contributed by atoms with Crippen LogP contribution in [0.25, 0.3) is 0 Å². The second-order valence-corrected chi connectivity index (χ2v) is 4.14. The summed E-state index contributed by atoms with van der Waals surface area (Å²) in [6.45, 7) is 1.90. The van der Waals surface area contributed by atoms with E-state index in [9.17, 15) is 9.50 Å². The minimum Gasteiger partial charge on any atom is -0.487 e. The van der Waals surface area contributed by atoms with Crippen LogP contribution >= 0.6 is 0 Å². The maximum Gasteiger partial charge on any atom is 0.130 e. The Morgan fingerprint density at radius 1 is 1.50 bits per heavy atom. The molecule has 0 saturated carbocycles. The number of benzene rings is 1. The van der Waals surface area contributed by atoms with Gasteiger partial charge in [0.05, 0.1) is 24.3 Å². The number of halogens is 1. The Morgan fingerprint density at radius 2 is 2.28 bits per heavy atom. The van der Waals surface area contributed by atoms with Crippen LogP contribution in [-0.2, 0) is 13.7 Å². The lowest BCUT2D eigenvalue weighted by Gasteiger charge is -2.13.